The summed E-state index contributed by atoms with van der Waals surface area (Å²) in [5.74, 6) is 1.38. The largest absolute Gasteiger partial charge is 0.313 e. The summed E-state index contributed by atoms with van der Waals surface area (Å²) in [6, 6.07) is 7.16. The highest BCUT2D eigenvalue weighted by Gasteiger charge is 2.28. The summed E-state index contributed by atoms with van der Waals surface area (Å²) in [5, 5.41) is 4.53. The molecule has 1 N–H and O–H groups in total. The maximum atomic E-state index is 6.23. The van der Waals surface area contributed by atoms with E-state index < -0.39 is 0 Å². The first-order valence-electron chi connectivity index (χ1n) is 6.57. The van der Waals surface area contributed by atoms with Crippen LogP contribution in [-0.4, -0.2) is 12.6 Å². The first kappa shape index (κ1) is 12.9. The lowest BCUT2D eigenvalue weighted by atomic mass is 9.87. The number of nitrogens with one attached hydrogen (secondary N) is 1. The highest BCUT2D eigenvalue weighted by Crippen LogP contribution is 2.33. The molecule has 1 aromatic carbocycles. The summed E-state index contributed by atoms with van der Waals surface area (Å²) in [7, 11) is 0. The molecule has 2 heteroatoms. The van der Waals surface area contributed by atoms with Crippen LogP contribution in [0.5, 0.6) is 0 Å². The van der Waals surface area contributed by atoms with E-state index in [2.05, 4.69) is 44.3 Å². The van der Waals surface area contributed by atoms with Crippen molar-refractivity contribution in [3.63, 3.8) is 0 Å². The molecule has 17 heavy (non-hydrogen) atoms. The highest BCUT2D eigenvalue weighted by molar-refractivity contribution is 6.31. The van der Waals surface area contributed by atoms with Crippen molar-refractivity contribution in [2.24, 2.45) is 5.92 Å². The predicted molar refractivity (Wildman–Crippen MR) is 74.8 cm³/mol. The van der Waals surface area contributed by atoms with Crippen LogP contribution in [0.3, 0.4) is 0 Å². The Bertz CT molecular complexity index is 387. The fraction of sp³-hybridized carbons (Fsp3) is 0.600. The van der Waals surface area contributed by atoms with E-state index in [4.69, 9.17) is 11.6 Å². The first-order valence-corrected chi connectivity index (χ1v) is 6.95. The highest BCUT2D eigenvalue weighted by atomic mass is 35.5. The Kier molecular flexibility index (Phi) is 4.11. The molecule has 1 aromatic rings. The van der Waals surface area contributed by atoms with Gasteiger partial charge in [0.15, 0.2) is 0 Å². The second-order valence-electron chi connectivity index (χ2n) is 5.59. The van der Waals surface area contributed by atoms with Crippen LogP contribution in [0.15, 0.2) is 18.2 Å². The molecule has 2 atom stereocenters. The van der Waals surface area contributed by atoms with Crippen molar-refractivity contribution >= 4 is 11.6 Å². The molecule has 2 rings (SSSR count). The van der Waals surface area contributed by atoms with Crippen molar-refractivity contribution < 1.29 is 0 Å². The van der Waals surface area contributed by atoms with Gasteiger partial charge < -0.3 is 5.32 Å². The molecule has 0 radical (unpaired) electrons. The summed E-state index contributed by atoms with van der Waals surface area (Å²) in [4.78, 5) is 0. The monoisotopic (exact) mass is 251 g/mol. The van der Waals surface area contributed by atoms with Gasteiger partial charge in [0.1, 0.15) is 0 Å². The zero-order valence-corrected chi connectivity index (χ0v) is 11.7. The van der Waals surface area contributed by atoms with Crippen LogP contribution in [0.4, 0.5) is 0 Å². The standard InChI is InChI=1S/C15H22ClN/c1-10(2)8-15-13(6-7-17-15)12-5-4-11(3)14(16)9-12/h4-5,9-10,13,15,17H,6-8H2,1-3H3. The van der Waals surface area contributed by atoms with E-state index in [0.717, 1.165) is 17.5 Å². The van der Waals surface area contributed by atoms with Crippen LogP contribution in [0, 0.1) is 12.8 Å². The van der Waals surface area contributed by atoms with Gasteiger partial charge in [0, 0.05) is 17.0 Å². The Morgan fingerprint density at radius 3 is 2.82 bits per heavy atom. The van der Waals surface area contributed by atoms with Crippen molar-refractivity contribution in [2.45, 2.75) is 45.6 Å². The van der Waals surface area contributed by atoms with Gasteiger partial charge in [0.2, 0.25) is 0 Å². The second kappa shape index (κ2) is 5.41. The maximum Gasteiger partial charge on any atom is 0.0438 e. The summed E-state index contributed by atoms with van der Waals surface area (Å²) in [6.07, 6.45) is 2.48. The molecule has 1 nitrogen and oxygen atoms in total. The van der Waals surface area contributed by atoms with Crippen LogP contribution in [0.1, 0.15) is 43.7 Å². The van der Waals surface area contributed by atoms with Crippen molar-refractivity contribution in [2.75, 3.05) is 6.54 Å². The third-order valence-electron chi connectivity index (χ3n) is 3.70. The number of hydrogen-bond acceptors (Lipinski definition) is 1. The quantitative estimate of drug-likeness (QED) is 0.852. The van der Waals surface area contributed by atoms with E-state index in [9.17, 15) is 0 Å². The van der Waals surface area contributed by atoms with Crippen LogP contribution in [-0.2, 0) is 0 Å². The fourth-order valence-electron chi connectivity index (χ4n) is 2.76. The van der Waals surface area contributed by atoms with E-state index in [1.165, 1.54) is 24.0 Å². The summed E-state index contributed by atoms with van der Waals surface area (Å²) in [6.45, 7) is 7.77. The fourth-order valence-corrected chi connectivity index (χ4v) is 2.95. The van der Waals surface area contributed by atoms with Crippen molar-refractivity contribution in [1.82, 2.24) is 5.32 Å². The van der Waals surface area contributed by atoms with Crippen molar-refractivity contribution in [1.29, 1.82) is 0 Å². The van der Waals surface area contributed by atoms with Gasteiger partial charge in [-0.15, -0.1) is 0 Å². The normalized spacial score (nSPS) is 24.5. The Balaban J connectivity index is 2.17. The zero-order chi connectivity index (χ0) is 12.4. The molecule has 0 aromatic heterocycles. The lowest BCUT2D eigenvalue weighted by Crippen LogP contribution is -2.27. The SMILES string of the molecule is Cc1ccc(C2CCNC2CC(C)C)cc1Cl. The predicted octanol–water partition coefficient (Wildman–Crippen LogP) is 4.14. The molecule has 0 spiro atoms. The lowest BCUT2D eigenvalue weighted by Gasteiger charge is -2.22. The molecule has 1 aliphatic rings. The maximum absolute atomic E-state index is 6.23. The number of hydrogen-bond donors (Lipinski definition) is 1. The van der Waals surface area contributed by atoms with E-state index in [0.29, 0.717) is 12.0 Å². The lowest BCUT2D eigenvalue weighted by molar-refractivity contribution is 0.434. The number of aryl methyl sites for hydroxylation is 1. The van der Waals surface area contributed by atoms with Gasteiger partial charge in [0.05, 0.1) is 0 Å². The minimum atomic E-state index is 0.619. The zero-order valence-electron chi connectivity index (χ0n) is 11.0. The summed E-state index contributed by atoms with van der Waals surface area (Å²) < 4.78 is 0. The average Bonchev–Trinajstić information content (AvgIpc) is 2.69. The third-order valence-corrected chi connectivity index (χ3v) is 4.10. The van der Waals surface area contributed by atoms with E-state index in [1.54, 1.807) is 0 Å². The average molecular weight is 252 g/mol. The Morgan fingerprint density at radius 1 is 1.41 bits per heavy atom. The van der Waals surface area contributed by atoms with Crippen LogP contribution in [0.2, 0.25) is 5.02 Å². The van der Waals surface area contributed by atoms with E-state index in [-0.39, 0.29) is 0 Å². The molecule has 0 bridgehead atoms. The van der Waals surface area contributed by atoms with E-state index in [1.807, 2.05) is 0 Å². The molecule has 94 valence electrons. The Morgan fingerprint density at radius 2 is 2.18 bits per heavy atom. The smallest absolute Gasteiger partial charge is 0.0438 e. The van der Waals surface area contributed by atoms with Gasteiger partial charge in [-0.1, -0.05) is 37.6 Å². The van der Waals surface area contributed by atoms with Crippen molar-refractivity contribution in [3.8, 4) is 0 Å². The molecule has 2 unspecified atom stereocenters. The molecule has 0 aliphatic carbocycles. The molecule has 1 saturated heterocycles. The molecule has 1 fully saturated rings. The second-order valence-corrected chi connectivity index (χ2v) is 6.00. The Labute approximate surface area is 110 Å². The molecule has 0 saturated carbocycles. The van der Waals surface area contributed by atoms with Gasteiger partial charge in [-0.3, -0.25) is 0 Å². The van der Waals surface area contributed by atoms with Crippen LogP contribution >= 0.6 is 11.6 Å². The van der Waals surface area contributed by atoms with Gasteiger partial charge in [0.25, 0.3) is 0 Å². The Hall–Kier alpha value is -0.530. The molecule has 1 aliphatic heterocycles. The topological polar surface area (TPSA) is 12.0 Å². The molecule has 0 amide bonds. The minimum absolute atomic E-state index is 0.619. The number of halogens is 1. The van der Waals surface area contributed by atoms with Crippen LogP contribution in [0.25, 0.3) is 0 Å². The molecule has 1 heterocycles. The number of benzene rings is 1. The van der Waals surface area contributed by atoms with Gasteiger partial charge in [-0.25, -0.2) is 0 Å². The molecular weight excluding hydrogens is 230 g/mol. The first-order chi connectivity index (χ1) is 8.08. The van der Waals surface area contributed by atoms with Gasteiger partial charge >= 0.3 is 0 Å². The van der Waals surface area contributed by atoms with Crippen LogP contribution < -0.4 is 5.32 Å². The number of rotatable bonds is 3. The van der Waals surface area contributed by atoms with Gasteiger partial charge in [-0.05, 0) is 49.4 Å². The van der Waals surface area contributed by atoms with Crippen molar-refractivity contribution in [3.05, 3.63) is 34.3 Å². The van der Waals surface area contributed by atoms with E-state index >= 15 is 0 Å². The summed E-state index contributed by atoms with van der Waals surface area (Å²) in [5.41, 5.74) is 2.57. The van der Waals surface area contributed by atoms with Gasteiger partial charge in [-0.2, -0.15) is 0 Å². The summed E-state index contributed by atoms with van der Waals surface area (Å²) >= 11 is 6.23. The minimum Gasteiger partial charge on any atom is -0.313 e. The third kappa shape index (κ3) is 3.02. The molecular formula is C15H22ClN.